The Morgan fingerprint density at radius 2 is 2.07 bits per heavy atom. The van der Waals surface area contributed by atoms with Crippen LogP contribution in [0.4, 0.5) is 0 Å². The second-order valence-corrected chi connectivity index (χ2v) is 5.17. The Hall–Kier alpha value is -0.0800. The van der Waals surface area contributed by atoms with E-state index < -0.39 is 0 Å². The molecule has 0 spiro atoms. The summed E-state index contributed by atoms with van der Waals surface area (Å²) in [6, 6.07) is 0.722. The van der Waals surface area contributed by atoms with Crippen molar-refractivity contribution in [2.45, 2.75) is 52.6 Å². The fourth-order valence-corrected chi connectivity index (χ4v) is 2.34. The van der Waals surface area contributed by atoms with Gasteiger partial charge in [-0.05, 0) is 25.8 Å². The molecule has 2 unspecified atom stereocenters. The highest BCUT2D eigenvalue weighted by molar-refractivity contribution is 4.94. The van der Waals surface area contributed by atoms with Gasteiger partial charge >= 0.3 is 0 Å². The molecule has 2 atom stereocenters. The Bertz CT molecular complexity index is 179. The third-order valence-corrected chi connectivity index (χ3v) is 3.72. The molecule has 0 aromatic carbocycles. The second kappa shape index (κ2) is 4.63. The summed E-state index contributed by atoms with van der Waals surface area (Å²) in [5, 5.41) is 3.70. The van der Waals surface area contributed by atoms with Gasteiger partial charge in [-0.3, -0.25) is 4.90 Å². The van der Waals surface area contributed by atoms with E-state index in [4.69, 9.17) is 0 Å². The van der Waals surface area contributed by atoms with Gasteiger partial charge in [-0.2, -0.15) is 0 Å². The molecule has 0 radical (unpaired) electrons. The third-order valence-electron chi connectivity index (χ3n) is 3.72. The van der Waals surface area contributed by atoms with Crippen molar-refractivity contribution in [1.82, 2.24) is 10.2 Å². The normalized spacial score (nSPS) is 35.1. The van der Waals surface area contributed by atoms with E-state index in [9.17, 15) is 0 Å². The van der Waals surface area contributed by atoms with Crippen LogP contribution in [0.1, 0.15) is 41.0 Å². The van der Waals surface area contributed by atoms with Crippen LogP contribution in [0.15, 0.2) is 0 Å². The van der Waals surface area contributed by atoms with E-state index in [1.165, 1.54) is 19.5 Å². The van der Waals surface area contributed by atoms with Crippen molar-refractivity contribution in [3.8, 4) is 0 Å². The molecule has 1 saturated heterocycles. The molecule has 0 aromatic heterocycles. The minimum atomic E-state index is 0.335. The average molecular weight is 198 g/mol. The summed E-state index contributed by atoms with van der Waals surface area (Å²) in [7, 11) is 0. The topological polar surface area (TPSA) is 15.3 Å². The van der Waals surface area contributed by atoms with Crippen molar-refractivity contribution < 1.29 is 0 Å². The van der Waals surface area contributed by atoms with E-state index in [1.54, 1.807) is 0 Å². The molecule has 1 N–H and O–H groups in total. The first-order valence-corrected chi connectivity index (χ1v) is 6.01. The zero-order valence-electron chi connectivity index (χ0n) is 10.4. The average Bonchev–Trinajstić information content (AvgIpc) is 2.17. The third kappa shape index (κ3) is 2.48. The molecule has 1 fully saturated rings. The van der Waals surface area contributed by atoms with Crippen LogP contribution in [0.2, 0.25) is 0 Å². The van der Waals surface area contributed by atoms with E-state index in [-0.39, 0.29) is 0 Å². The van der Waals surface area contributed by atoms with Crippen LogP contribution in [0.3, 0.4) is 0 Å². The van der Waals surface area contributed by atoms with Crippen LogP contribution in [-0.2, 0) is 0 Å². The molecule has 1 aliphatic rings. The summed E-state index contributed by atoms with van der Waals surface area (Å²) in [5.41, 5.74) is 0.335. The number of hydrogen-bond acceptors (Lipinski definition) is 2. The quantitative estimate of drug-likeness (QED) is 0.747. The summed E-state index contributed by atoms with van der Waals surface area (Å²) in [4.78, 5) is 2.63. The van der Waals surface area contributed by atoms with E-state index in [0.717, 1.165) is 18.5 Å². The number of piperazine rings is 1. The number of nitrogens with one attached hydrogen (secondary N) is 1. The lowest BCUT2D eigenvalue weighted by atomic mass is 9.90. The van der Waals surface area contributed by atoms with Crippen molar-refractivity contribution >= 4 is 0 Å². The van der Waals surface area contributed by atoms with Gasteiger partial charge in [0.1, 0.15) is 0 Å². The maximum absolute atomic E-state index is 3.70. The zero-order valence-corrected chi connectivity index (χ0v) is 10.4. The number of likely N-dealkylation sites (N-methyl/N-ethyl adjacent to an activating group) is 1. The van der Waals surface area contributed by atoms with Crippen molar-refractivity contribution in [1.29, 1.82) is 0 Å². The van der Waals surface area contributed by atoms with Gasteiger partial charge < -0.3 is 5.32 Å². The maximum atomic E-state index is 3.70. The highest BCUT2D eigenvalue weighted by atomic mass is 15.2. The minimum Gasteiger partial charge on any atom is -0.309 e. The molecular weight excluding hydrogens is 172 g/mol. The summed E-state index contributed by atoms with van der Waals surface area (Å²) >= 11 is 0. The van der Waals surface area contributed by atoms with Gasteiger partial charge in [0.25, 0.3) is 0 Å². The van der Waals surface area contributed by atoms with Gasteiger partial charge in [0.2, 0.25) is 0 Å². The predicted molar refractivity (Wildman–Crippen MR) is 62.6 cm³/mol. The van der Waals surface area contributed by atoms with Gasteiger partial charge in [0, 0.05) is 24.7 Å². The van der Waals surface area contributed by atoms with Crippen LogP contribution >= 0.6 is 0 Å². The monoisotopic (exact) mass is 198 g/mol. The summed E-state index contributed by atoms with van der Waals surface area (Å²) in [5.74, 6) is 0.754. The number of nitrogens with zero attached hydrogens (tertiary/aromatic N) is 1. The Balaban J connectivity index is 2.63. The molecule has 14 heavy (non-hydrogen) atoms. The van der Waals surface area contributed by atoms with Gasteiger partial charge in [0.05, 0.1) is 0 Å². The molecule has 0 aliphatic carbocycles. The molecule has 2 heteroatoms. The highest BCUT2D eigenvalue weighted by Crippen LogP contribution is 2.22. The summed E-state index contributed by atoms with van der Waals surface area (Å²) in [6.45, 7) is 15.1. The smallest absolute Gasteiger partial charge is 0.0278 e. The lowest BCUT2D eigenvalue weighted by Gasteiger charge is -2.47. The summed E-state index contributed by atoms with van der Waals surface area (Å²) in [6.07, 6.45) is 1.22. The Labute approximate surface area is 89.1 Å². The SMILES string of the molecule is CCN1CC(C)(CC)NCC1C(C)C. The fourth-order valence-electron chi connectivity index (χ4n) is 2.34. The molecule has 84 valence electrons. The van der Waals surface area contributed by atoms with Gasteiger partial charge in [-0.25, -0.2) is 0 Å². The van der Waals surface area contributed by atoms with Crippen molar-refractivity contribution in [2.75, 3.05) is 19.6 Å². The molecule has 1 aliphatic heterocycles. The van der Waals surface area contributed by atoms with Crippen LogP contribution < -0.4 is 5.32 Å². The van der Waals surface area contributed by atoms with Crippen LogP contribution in [0.5, 0.6) is 0 Å². The van der Waals surface area contributed by atoms with E-state index in [0.29, 0.717) is 5.54 Å². The van der Waals surface area contributed by atoms with E-state index in [1.807, 2.05) is 0 Å². The van der Waals surface area contributed by atoms with Gasteiger partial charge in [-0.1, -0.05) is 27.7 Å². The van der Waals surface area contributed by atoms with Crippen LogP contribution in [-0.4, -0.2) is 36.1 Å². The lowest BCUT2D eigenvalue weighted by molar-refractivity contribution is 0.0652. The molecule has 2 nitrogen and oxygen atoms in total. The van der Waals surface area contributed by atoms with Crippen LogP contribution in [0, 0.1) is 5.92 Å². The fraction of sp³-hybridized carbons (Fsp3) is 1.00. The first-order chi connectivity index (χ1) is 6.52. The van der Waals surface area contributed by atoms with Gasteiger partial charge in [0.15, 0.2) is 0 Å². The Morgan fingerprint density at radius 3 is 2.50 bits per heavy atom. The Kier molecular flexibility index (Phi) is 3.96. The number of hydrogen-bond donors (Lipinski definition) is 1. The molecular formula is C12H26N2. The molecule has 1 rings (SSSR count). The first-order valence-electron chi connectivity index (χ1n) is 6.01. The largest absolute Gasteiger partial charge is 0.309 e. The molecule has 0 saturated carbocycles. The zero-order chi connectivity index (χ0) is 10.8. The minimum absolute atomic E-state index is 0.335. The molecule has 0 amide bonds. The molecule has 0 aromatic rings. The van der Waals surface area contributed by atoms with Crippen molar-refractivity contribution in [3.63, 3.8) is 0 Å². The van der Waals surface area contributed by atoms with E-state index >= 15 is 0 Å². The van der Waals surface area contributed by atoms with Crippen molar-refractivity contribution in [3.05, 3.63) is 0 Å². The molecule has 0 bridgehead atoms. The maximum Gasteiger partial charge on any atom is 0.0278 e. The Morgan fingerprint density at radius 1 is 1.43 bits per heavy atom. The van der Waals surface area contributed by atoms with E-state index in [2.05, 4.69) is 44.8 Å². The second-order valence-electron chi connectivity index (χ2n) is 5.17. The lowest BCUT2D eigenvalue weighted by Crippen LogP contribution is -2.63. The van der Waals surface area contributed by atoms with Gasteiger partial charge in [-0.15, -0.1) is 0 Å². The summed E-state index contributed by atoms with van der Waals surface area (Å²) < 4.78 is 0. The highest BCUT2D eigenvalue weighted by Gasteiger charge is 2.34. The van der Waals surface area contributed by atoms with Crippen molar-refractivity contribution in [2.24, 2.45) is 5.92 Å². The standard InChI is InChI=1S/C12H26N2/c1-6-12(5)9-14(7-2)11(8-13-12)10(3)4/h10-11,13H,6-9H2,1-5H3. The first kappa shape index (κ1) is 12.0. The van der Waals surface area contributed by atoms with Crippen LogP contribution in [0.25, 0.3) is 0 Å². The predicted octanol–water partition coefficient (Wildman–Crippen LogP) is 2.10. The molecule has 1 heterocycles. The number of rotatable bonds is 3.